The lowest BCUT2D eigenvalue weighted by Gasteiger charge is -2.15. The molecule has 2 aromatic carbocycles. The van der Waals surface area contributed by atoms with Gasteiger partial charge < -0.3 is 10.1 Å². The molecule has 20 heavy (non-hydrogen) atoms. The minimum Gasteiger partial charge on any atom is -0.496 e. The van der Waals surface area contributed by atoms with Crippen LogP contribution in [0.25, 0.3) is 0 Å². The average molecular weight is 269 g/mol. The van der Waals surface area contributed by atoms with Crippen molar-refractivity contribution in [2.75, 3.05) is 12.4 Å². The highest BCUT2D eigenvalue weighted by Crippen LogP contribution is 2.29. The topological polar surface area (TPSA) is 21.3 Å². The van der Waals surface area contributed by atoms with Gasteiger partial charge in [-0.3, -0.25) is 0 Å². The van der Waals surface area contributed by atoms with Crippen LogP contribution in [0.3, 0.4) is 0 Å². The standard InChI is InChI=1S/C18H23NO/c1-12-6-8-16(10-14(12)3)11-19-17-9-7-13(2)18(20-5)15(17)4/h6-10,19H,11H2,1-5H3. The molecule has 2 nitrogen and oxygen atoms in total. The molecule has 0 radical (unpaired) electrons. The van der Waals surface area contributed by atoms with E-state index in [2.05, 4.69) is 63.3 Å². The predicted molar refractivity (Wildman–Crippen MR) is 85.7 cm³/mol. The molecule has 106 valence electrons. The quantitative estimate of drug-likeness (QED) is 0.879. The van der Waals surface area contributed by atoms with Crippen LogP contribution in [0.5, 0.6) is 5.75 Å². The predicted octanol–water partition coefficient (Wildman–Crippen LogP) is 4.54. The molecule has 1 N–H and O–H groups in total. The zero-order chi connectivity index (χ0) is 14.7. The third kappa shape index (κ3) is 2.96. The highest BCUT2D eigenvalue weighted by Gasteiger charge is 2.07. The largest absolute Gasteiger partial charge is 0.496 e. The minimum absolute atomic E-state index is 0.828. The van der Waals surface area contributed by atoms with E-state index in [9.17, 15) is 0 Å². The van der Waals surface area contributed by atoms with E-state index in [0.29, 0.717) is 0 Å². The Morgan fingerprint density at radius 3 is 2.25 bits per heavy atom. The molecule has 2 heteroatoms. The molecule has 0 aliphatic carbocycles. The van der Waals surface area contributed by atoms with Gasteiger partial charge in [0, 0.05) is 17.8 Å². The maximum atomic E-state index is 5.46. The summed E-state index contributed by atoms with van der Waals surface area (Å²) in [6, 6.07) is 10.8. The summed E-state index contributed by atoms with van der Waals surface area (Å²) in [5.74, 6) is 0.968. The molecule has 0 spiro atoms. The van der Waals surface area contributed by atoms with Gasteiger partial charge >= 0.3 is 0 Å². The zero-order valence-corrected chi connectivity index (χ0v) is 13.0. The molecular weight excluding hydrogens is 246 g/mol. The van der Waals surface area contributed by atoms with Crippen LogP contribution >= 0.6 is 0 Å². The second kappa shape index (κ2) is 6.00. The van der Waals surface area contributed by atoms with E-state index in [4.69, 9.17) is 4.74 Å². The fourth-order valence-electron chi connectivity index (χ4n) is 2.44. The van der Waals surface area contributed by atoms with Crippen LogP contribution < -0.4 is 10.1 Å². The number of methoxy groups -OCH3 is 1. The first-order chi connectivity index (χ1) is 9.52. The normalized spacial score (nSPS) is 10.4. The number of benzene rings is 2. The first-order valence-corrected chi connectivity index (χ1v) is 6.97. The molecule has 0 saturated carbocycles. The lowest BCUT2D eigenvalue weighted by Crippen LogP contribution is -2.03. The third-order valence-electron chi connectivity index (χ3n) is 3.86. The number of ether oxygens (including phenoxy) is 1. The highest BCUT2D eigenvalue weighted by molar-refractivity contribution is 5.59. The van der Waals surface area contributed by atoms with Gasteiger partial charge in [-0.15, -0.1) is 0 Å². The molecule has 2 rings (SSSR count). The van der Waals surface area contributed by atoms with E-state index < -0.39 is 0 Å². The second-order valence-electron chi connectivity index (χ2n) is 5.36. The summed E-state index contributed by atoms with van der Waals surface area (Å²) >= 11 is 0. The Labute approximate surface area is 121 Å². The molecule has 0 heterocycles. The Morgan fingerprint density at radius 1 is 0.900 bits per heavy atom. The molecule has 0 saturated heterocycles. The van der Waals surface area contributed by atoms with Crippen LogP contribution in [-0.4, -0.2) is 7.11 Å². The monoisotopic (exact) mass is 269 g/mol. The summed E-state index contributed by atoms with van der Waals surface area (Å²) in [6.45, 7) is 9.28. The number of aryl methyl sites for hydroxylation is 3. The van der Waals surface area contributed by atoms with Gasteiger partial charge in [0.05, 0.1) is 7.11 Å². The lowest BCUT2D eigenvalue weighted by molar-refractivity contribution is 0.409. The van der Waals surface area contributed by atoms with Gasteiger partial charge in [0.1, 0.15) is 5.75 Å². The Kier molecular flexibility index (Phi) is 4.33. The number of hydrogen-bond donors (Lipinski definition) is 1. The van der Waals surface area contributed by atoms with Crippen molar-refractivity contribution in [1.82, 2.24) is 0 Å². The van der Waals surface area contributed by atoms with Crippen molar-refractivity contribution in [3.05, 3.63) is 58.1 Å². The fourth-order valence-corrected chi connectivity index (χ4v) is 2.44. The van der Waals surface area contributed by atoms with E-state index in [1.807, 2.05) is 0 Å². The number of nitrogens with one attached hydrogen (secondary N) is 1. The molecule has 0 amide bonds. The van der Waals surface area contributed by atoms with Crippen LogP contribution in [0.2, 0.25) is 0 Å². The van der Waals surface area contributed by atoms with Crippen LogP contribution in [0.4, 0.5) is 5.69 Å². The minimum atomic E-state index is 0.828. The summed E-state index contributed by atoms with van der Waals surface area (Å²) in [5, 5.41) is 3.50. The van der Waals surface area contributed by atoms with Crippen LogP contribution in [0.15, 0.2) is 30.3 Å². The summed E-state index contributed by atoms with van der Waals surface area (Å²) in [4.78, 5) is 0. The molecule has 2 aromatic rings. The molecule has 0 atom stereocenters. The Bertz CT molecular complexity index is 617. The van der Waals surface area contributed by atoms with Crippen LogP contribution in [0.1, 0.15) is 27.8 Å². The molecule has 0 bridgehead atoms. The Morgan fingerprint density at radius 2 is 1.60 bits per heavy atom. The first-order valence-electron chi connectivity index (χ1n) is 6.97. The van der Waals surface area contributed by atoms with E-state index in [-0.39, 0.29) is 0 Å². The summed E-state index contributed by atoms with van der Waals surface area (Å²) in [5.41, 5.74) is 7.43. The maximum Gasteiger partial charge on any atom is 0.126 e. The third-order valence-corrected chi connectivity index (χ3v) is 3.86. The molecule has 0 fully saturated rings. The summed E-state index contributed by atoms with van der Waals surface area (Å²) in [6.07, 6.45) is 0. The summed E-state index contributed by atoms with van der Waals surface area (Å²) < 4.78 is 5.46. The number of hydrogen-bond acceptors (Lipinski definition) is 2. The zero-order valence-electron chi connectivity index (χ0n) is 13.0. The smallest absolute Gasteiger partial charge is 0.126 e. The van der Waals surface area contributed by atoms with Crippen molar-refractivity contribution in [1.29, 1.82) is 0 Å². The molecular formula is C18H23NO. The van der Waals surface area contributed by atoms with Crippen molar-refractivity contribution in [3.8, 4) is 5.75 Å². The van der Waals surface area contributed by atoms with Gasteiger partial charge in [-0.05, 0) is 56.0 Å². The van der Waals surface area contributed by atoms with Crippen molar-refractivity contribution < 1.29 is 4.74 Å². The van der Waals surface area contributed by atoms with Gasteiger partial charge in [0.2, 0.25) is 0 Å². The molecule has 0 unspecified atom stereocenters. The number of anilines is 1. The van der Waals surface area contributed by atoms with Crippen molar-refractivity contribution in [2.24, 2.45) is 0 Å². The summed E-state index contributed by atoms with van der Waals surface area (Å²) in [7, 11) is 1.72. The van der Waals surface area contributed by atoms with Gasteiger partial charge in [-0.25, -0.2) is 0 Å². The average Bonchev–Trinajstić information content (AvgIpc) is 2.42. The lowest BCUT2D eigenvalue weighted by atomic mass is 10.1. The highest BCUT2D eigenvalue weighted by atomic mass is 16.5. The van der Waals surface area contributed by atoms with E-state index in [0.717, 1.165) is 23.5 Å². The van der Waals surface area contributed by atoms with E-state index >= 15 is 0 Å². The van der Waals surface area contributed by atoms with Crippen molar-refractivity contribution in [2.45, 2.75) is 34.2 Å². The van der Waals surface area contributed by atoms with Gasteiger partial charge in [-0.1, -0.05) is 24.3 Å². The maximum absolute atomic E-state index is 5.46. The van der Waals surface area contributed by atoms with Crippen LogP contribution in [0, 0.1) is 27.7 Å². The van der Waals surface area contributed by atoms with Gasteiger partial charge in [-0.2, -0.15) is 0 Å². The van der Waals surface area contributed by atoms with Gasteiger partial charge in [0.25, 0.3) is 0 Å². The second-order valence-corrected chi connectivity index (χ2v) is 5.36. The SMILES string of the molecule is COc1c(C)ccc(NCc2ccc(C)c(C)c2)c1C. The molecule has 0 aromatic heterocycles. The van der Waals surface area contributed by atoms with Crippen molar-refractivity contribution >= 4 is 5.69 Å². The Hall–Kier alpha value is -1.96. The fraction of sp³-hybridized carbons (Fsp3) is 0.333. The number of rotatable bonds is 4. The van der Waals surface area contributed by atoms with E-state index in [1.54, 1.807) is 7.11 Å². The molecule has 0 aliphatic rings. The van der Waals surface area contributed by atoms with E-state index in [1.165, 1.54) is 22.3 Å². The molecule has 0 aliphatic heterocycles. The first kappa shape index (κ1) is 14.4. The Balaban J connectivity index is 2.16. The van der Waals surface area contributed by atoms with Crippen LogP contribution in [-0.2, 0) is 6.54 Å². The van der Waals surface area contributed by atoms with Gasteiger partial charge in [0.15, 0.2) is 0 Å². The van der Waals surface area contributed by atoms with Crippen molar-refractivity contribution in [3.63, 3.8) is 0 Å².